The largest absolute Gasteiger partial charge is 0.394 e. The molecule has 4 heterocycles. The van der Waals surface area contributed by atoms with Crippen LogP contribution in [0.2, 0.25) is 0 Å². The molecule has 49 heavy (non-hydrogen) atoms. The highest BCUT2D eigenvalue weighted by atomic mass is 32.2. The van der Waals surface area contributed by atoms with Gasteiger partial charge >= 0.3 is 0 Å². The van der Waals surface area contributed by atoms with Gasteiger partial charge in [0, 0.05) is 11.5 Å². The van der Waals surface area contributed by atoms with Gasteiger partial charge in [-0.1, -0.05) is 35.7 Å². The SMILES string of the molecule is C=C(F)/C(F)=C(F)\C=C(/C)c1cn([C@H]2[C@@H](C)[C@@H](CO)O[C@@H](S[C@@H]3O[C@H](CO)C[C@H](n4cc(-c5cc(F)c(F)c(F)c5)nn4)[C@@H]3N)[C@H]2N)nn1. The third-order valence-electron chi connectivity index (χ3n) is 8.52. The molecule has 0 bridgehead atoms. The Morgan fingerprint density at radius 2 is 1.65 bits per heavy atom. The van der Waals surface area contributed by atoms with Crippen LogP contribution < -0.4 is 11.5 Å². The second-order valence-electron chi connectivity index (χ2n) is 11.8. The van der Waals surface area contributed by atoms with Crippen molar-refractivity contribution in [3.05, 3.63) is 77.8 Å². The summed E-state index contributed by atoms with van der Waals surface area (Å²) in [5.41, 5.74) is 11.9. The maximum Gasteiger partial charge on any atom is 0.194 e. The highest BCUT2D eigenvalue weighted by Crippen LogP contribution is 2.42. The number of rotatable bonds is 10. The fourth-order valence-corrected chi connectivity index (χ4v) is 7.20. The fraction of sp³-hybridized carbons (Fsp3) is 0.467. The van der Waals surface area contributed by atoms with Crippen molar-refractivity contribution in [2.24, 2.45) is 17.4 Å². The summed E-state index contributed by atoms with van der Waals surface area (Å²) in [6.07, 6.45) is 2.32. The molecule has 0 radical (unpaired) electrons. The van der Waals surface area contributed by atoms with Gasteiger partial charge in [0.15, 0.2) is 34.9 Å². The smallest absolute Gasteiger partial charge is 0.194 e. The van der Waals surface area contributed by atoms with E-state index in [-0.39, 0.29) is 35.6 Å². The minimum absolute atomic E-state index is 0.0499. The number of ether oxygens (including phenoxy) is 2. The summed E-state index contributed by atoms with van der Waals surface area (Å²) in [6, 6.07) is -1.34. The first-order valence-electron chi connectivity index (χ1n) is 15.0. The van der Waals surface area contributed by atoms with Gasteiger partial charge in [0.2, 0.25) is 0 Å². The van der Waals surface area contributed by atoms with Crippen LogP contribution in [-0.4, -0.2) is 88.6 Å². The van der Waals surface area contributed by atoms with Gasteiger partial charge in [-0.05, 0) is 37.1 Å². The van der Waals surface area contributed by atoms with E-state index in [1.54, 1.807) is 6.92 Å². The number of aromatic nitrogens is 6. The van der Waals surface area contributed by atoms with Crippen LogP contribution in [0.3, 0.4) is 0 Å². The van der Waals surface area contributed by atoms with Gasteiger partial charge in [0.1, 0.15) is 22.3 Å². The predicted octanol–water partition coefficient (Wildman–Crippen LogP) is 3.62. The number of nitrogens with two attached hydrogens (primary N) is 2. The monoisotopic (exact) mass is 716 g/mol. The number of hydrogen-bond donors (Lipinski definition) is 4. The minimum atomic E-state index is -1.74. The topological polar surface area (TPSA) is 172 Å². The Morgan fingerprint density at radius 1 is 1.00 bits per heavy atom. The molecule has 2 aliphatic rings. The minimum Gasteiger partial charge on any atom is -0.394 e. The van der Waals surface area contributed by atoms with E-state index in [0.717, 1.165) is 30.0 Å². The summed E-state index contributed by atoms with van der Waals surface area (Å²) in [4.78, 5) is 0. The molecule has 0 saturated carbocycles. The normalized spacial score (nSPS) is 30.0. The number of hydrogen-bond acceptors (Lipinski definition) is 11. The zero-order valence-corrected chi connectivity index (χ0v) is 27.0. The summed E-state index contributed by atoms with van der Waals surface area (Å²) < 4.78 is 97.0. The molecule has 2 aromatic heterocycles. The van der Waals surface area contributed by atoms with Crippen LogP contribution in [-0.2, 0) is 9.47 Å². The summed E-state index contributed by atoms with van der Waals surface area (Å²) in [5, 5.41) is 36.4. The van der Waals surface area contributed by atoms with Gasteiger partial charge in [-0.2, -0.15) is 0 Å². The molecule has 266 valence electrons. The average molecular weight is 717 g/mol. The number of nitrogens with zero attached hydrogens (tertiary/aromatic N) is 6. The lowest BCUT2D eigenvalue weighted by Crippen LogP contribution is -2.57. The third kappa shape index (κ3) is 7.62. The van der Waals surface area contributed by atoms with Crippen molar-refractivity contribution >= 4 is 17.3 Å². The van der Waals surface area contributed by atoms with E-state index in [9.17, 15) is 36.6 Å². The van der Waals surface area contributed by atoms with E-state index < -0.39 is 94.7 Å². The van der Waals surface area contributed by atoms with Gasteiger partial charge in [0.05, 0.1) is 62.0 Å². The van der Waals surface area contributed by atoms with Crippen LogP contribution in [0.5, 0.6) is 0 Å². The Kier molecular flexibility index (Phi) is 11.3. The van der Waals surface area contributed by atoms with Crippen molar-refractivity contribution in [3.8, 4) is 11.3 Å². The summed E-state index contributed by atoms with van der Waals surface area (Å²) in [5.74, 6) is -9.60. The second kappa shape index (κ2) is 15.1. The highest BCUT2D eigenvalue weighted by Gasteiger charge is 2.47. The van der Waals surface area contributed by atoms with Crippen molar-refractivity contribution < 1.29 is 46.0 Å². The molecule has 0 amide bonds. The molecule has 0 aliphatic carbocycles. The summed E-state index contributed by atoms with van der Waals surface area (Å²) in [6.45, 7) is 5.16. The number of allylic oxidation sites excluding steroid dienone is 5. The van der Waals surface area contributed by atoms with E-state index >= 15 is 0 Å². The lowest BCUT2D eigenvalue weighted by Gasteiger charge is -2.46. The third-order valence-corrected chi connectivity index (χ3v) is 9.91. The quantitative estimate of drug-likeness (QED) is 0.137. The van der Waals surface area contributed by atoms with Crippen molar-refractivity contribution in [2.45, 2.75) is 67.5 Å². The Balaban J connectivity index is 1.37. The van der Waals surface area contributed by atoms with E-state index in [0.29, 0.717) is 0 Å². The predicted molar refractivity (Wildman–Crippen MR) is 165 cm³/mol. The number of benzene rings is 1. The van der Waals surface area contributed by atoms with Crippen molar-refractivity contribution in [1.82, 2.24) is 30.0 Å². The highest BCUT2D eigenvalue weighted by molar-refractivity contribution is 8.00. The van der Waals surface area contributed by atoms with E-state index in [4.69, 9.17) is 20.9 Å². The maximum atomic E-state index is 14.1. The molecule has 3 aromatic rings. The molecule has 0 unspecified atom stereocenters. The van der Waals surface area contributed by atoms with Crippen LogP contribution in [0.15, 0.2) is 54.7 Å². The van der Waals surface area contributed by atoms with Gasteiger partial charge in [-0.15, -0.1) is 10.2 Å². The lowest BCUT2D eigenvalue weighted by molar-refractivity contribution is -0.102. The van der Waals surface area contributed by atoms with Crippen molar-refractivity contribution in [3.63, 3.8) is 0 Å². The van der Waals surface area contributed by atoms with Crippen LogP contribution in [0.25, 0.3) is 16.8 Å². The van der Waals surface area contributed by atoms with Gasteiger partial charge < -0.3 is 31.2 Å². The molecule has 2 aliphatic heterocycles. The van der Waals surface area contributed by atoms with Crippen LogP contribution in [0.1, 0.15) is 38.0 Å². The first-order chi connectivity index (χ1) is 23.2. The van der Waals surface area contributed by atoms with E-state index in [1.165, 1.54) is 28.7 Å². The molecule has 6 N–H and O–H groups in total. The van der Waals surface area contributed by atoms with E-state index in [1.807, 2.05) is 0 Å². The number of aliphatic hydroxyl groups excluding tert-OH is 2. The molecule has 2 saturated heterocycles. The zero-order chi connectivity index (χ0) is 35.7. The molecule has 12 nitrogen and oxygen atoms in total. The van der Waals surface area contributed by atoms with Crippen LogP contribution >= 0.6 is 11.8 Å². The number of thioether (sulfide) groups is 1. The van der Waals surface area contributed by atoms with Gasteiger partial charge in [-0.25, -0.2) is 35.7 Å². The van der Waals surface area contributed by atoms with E-state index in [2.05, 4.69) is 27.2 Å². The number of halogens is 6. The molecule has 0 spiro atoms. The Hall–Kier alpha value is -3.59. The van der Waals surface area contributed by atoms with Crippen molar-refractivity contribution in [1.29, 1.82) is 0 Å². The molecular weight excluding hydrogens is 682 g/mol. The molecule has 2 fully saturated rings. The first kappa shape index (κ1) is 36.7. The maximum absolute atomic E-state index is 14.1. The molecular formula is C30H34F6N8O4S. The Morgan fingerprint density at radius 3 is 2.29 bits per heavy atom. The fourth-order valence-electron chi connectivity index (χ4n) is 5.80. The van der Waals surface area contributed by atoms with Gasteiger partial charge in [0.25, 0.3) is 0 Å². The first-order valence-corrected chi connectivity index (χ1v) is 15.9. The van der Waals surface area contributed by atoms with Crippen molar-refractivity contribution in [2.75, 3.05) is 13.2 Å². The molecule has 1 aromatic carbocycles. The Bertz CT molecular complexity index is 1720. The molecule has 5 rings (SSSR count). The van der Waals surface area contributed by atoms with Crippen LogP contribution in [0, 0.1) is 23.4 Å². The summed E-state index contributed by atoms with van der Waals surface area (Å²) >= 11 is 1.10. The summed E-state index contributed by atoms with van der Waals surface area (Å²) in [7, 11) is 0. The molecule has 19 heteroatoms. The zero-order valence-electron chi connectivity index (χ0n) is 26.1. The average Bonchev–Trinajstić information content (AvgIpc) is 3.76. The lowest BCUT2D eigenvalue weighted by atomic mass is 9.88. The van der Waals surface area contributed by atoms with Crippen LogP contribution in [0.4, 0.5) is 26.3 Å². The standard InChI is InChI=1S/C30H34F6N8O4S/c1-12(4-17(32)24(35)14(3)31)20-8-44(42-39-20)28-13(2)23(11-46)48-30(27(28)38)49-29-26(37)22(7-16(10-45)47-29)43-9-21(40-41-43)15-5-18(33)25(36)19(34)6-15/h4-6,8-9,13,16,22-23,26-30,45-46H,3,7,10-11,37-38H2,1-2H3/b12-4+,24-17-/t13-,16-,22-,23+,26-,27-,28-,29-,30-/m0/s1. The second-order valence-corrected chi connectivity index (χ2v) is 13.0. The van der Waals surface area contributed by atoms with Gasteiger partial charge in [-0.3, -0.25) is 0 Å². The number of aliphatic hydroxyl groups is 2. The Labute approximate surface area is 280 Å². The molecule has 9 atom stereocenters.